The van der Waals surface area contributed by atoms with Gasteiger partial charge < -0.3 is 5.32 Å². The number of aromatic nitrogens is 2. The summed E-state index contributed by atoms with van der Waals surface area (Å²) in [7, 11) is 0. The molecule has 1 N–H and O–H groups in total. The van der Waals surface area contributed by atoms with E-state index in [0.29, 0.717) is 0 Å². The van der Waals surface area contributed by atoms with Gasteiger partial charge in [0.2, 0.25) is 0 Å². The molecular formula is C15H15N3S. The Hall–Kier alpha value is -1.78. The highest BCUT2D eigenvalue weighted by Gasteiger charge is 1.99. The van der Waals surface area contributed by atoms with Gasteiger partial charge in [0.1, 0.15) is 5.01 Å². The number of hydrogen-bond donors (Lipinski definition) is 1. The highest BCUT2D eigenvalue weighted by Crippen LogP contribution is 2.15. The number of aryl methyl sites for hydroxylation is 1. The summed E-state index contributed by atoms with van der Waals surface area (Å²) in [6.07, 6.45) is 1.84. The average molecular weight is 269 g/mol. The van der Waals surface area contributed by atoms with Crippen molar-refractivity contribution in [2.75, 3.05) is 0 Å². The number of pyridine rings is 1. The summed E-state index contributed by atoms with van der Waals surface area (Å²) in [4.78, 5) is 8.76. The molecule has 3 rings (SSSR count). The van der Waals surface area contributed by atoms with Crippen molar-refractivity contribution < 1.29 is 0 Å². The molecule has 19 heavy (non-hydrogen) atoms. The zero-order chi connectivity index (χ0) is 13.1. The molecule has 3 aromatic rings. The van der Waals surface area contributed by atoms with Crippen LogP contribution in [0, 0.1) is 6.92 Å². The molecule has 0 fully saturated rings. The lowest BCUT2D eigenvalue weighted by Gasteiger charge is -2.05. The van der Waals surface area contributed by atoms with Crippen molar-refractivity contribution in [2.24, 2.45) is 0 Å². The first-order valence-electron chi connectivity index (χ1n) is 6.27. The zero-order valence-corrected chi connectivity index (χ0v) is 11.6. The monoisotopic (exact) mass is 269 g/mol. The summed E-state index contributed by atoms with van der Waals surface area (Å²) in [6, 6.07) is 10.6. The SMILES string of the molecule is Cc1ccc2cc(CNCc3nccs3)ccc2n1. The third-order valence-corrected chi connectivity index (χ3v) is 3.76. The predicted molar refractivity (Wildman–Crippen MR) is 79.1 cm³/mol. The van der Waals surface area contributed by atoms with E-state index in [9.17, 15) is 0 Å². The van der Waals surface area contributed by atoms with Crippen molar-refractivity contribution >= 4 is 22.2 Å². The molecule has 0 aliphatic rings. The second-order valence-corrected chi connectivity index (χ2v) is 5.49. The van der Waals surface area contributed by atoms with Crippen LogP contribution in [0.2, 0.25) is 0 Å². The molecule has 96 valence electrons. The van der Waals surface area contributed by atoms with E-state index in [1.807, 2.05) is 18.5 Å². The van der Waals surface area contributed by atoms with E-state index in [1.165, 1.54) is 10.9 Å². The van der Waals surface area contributed by atoms with Crippen LogP contribution < -0.4 is 5.32 Å². The van der Waals surface area contributed by atoms with Crippen LogP contribution in [0.25, 0.3) is 10.9 Å². The second-order valence-electron chi connectivity index (χ2n) is 4.51. The molecule has 2 aromatic heterocycles. The largest absolute Gasteiger partial charge is 0.306 e. The van der Waals surface area contributed by atoms with E-state index in [2.05, 4.69) is 45.6 Å². The molecule has 0 aliphatic carbocycles. The third-order valence-electron chi connectivity index (χ3n) is 2.98. The minimum Gasteiger partial charge on any atom is -0.306 e. The number of fused-ring (bicyclic) bond motifs is 1. The normalized spacial score (nSPS) is 11.0. The van der Waals surface area contributed by atoms with Crippen molar-refractivity contribution in [3.63, 3.8) is 0 Å². The highest BCUT2D eigenvalue weighted by molar-refractivity contribution is 7.09. The number of thiazole rings is 1. The summed E-state index contributed by atoms with van der Waals surface area (Å²) in [5.74, 6) is 0. The second kappa shape index (κ2) is 5.47. The minimum atomic E-state index is 0.821. The van der Waals surface area contributed by atoms with Crippen molar-refractivity contribution in [3.05, 3.63) is 58.2 Å². The van der Waals surface area contributed by atoms with E-state index in [4.69, 9.17) is 0 Å². The predicted octanol–water partition coefficient (Wildman–Crippen LogP) is 3.29. The Kier molecular flexibility index (Phi) is 3.53. The summed E-state index contributed by atoms with van der Waals surface area (Å²) in [6.45, 7) is 3.69. The Morgan fingerprint density at radius 3 is 2.95 bits per heavy atom. The fourth-order valence-corrected chi connectivity index (χ4v) is 2.63. The van der Waals surface area contributed by atoms with Crippen LogP contribution >= 0.6 is 11.3 Å². The number of benzene rings is 1. The molecule has 0 bridgehead atoms. The quantitative estimate of drug-likeness (QED) is 0.789. The first kappa shape index (κ1) is 12.3. The van der Waals surface area contributed by atoms with Crippen molar-refractivity contribution in [1.29, 1.82) is 0 Å². The maximum atomic E-state index is 4.51. The smallest absolute Gasteiger partial charge is 0.106 e. The van der Waals surface area contributed by atoms with Gasteiger partial charge >= 0.3 is 0 Å². The van der Waals surface area contributed by atoms with Crippen LogP contribution in [0.4, 0.5) is 0 Å². The summed E-state index contributed by atoms with van der Waals surface area (Å²) >= 11 is 1.68. The van der Waals surface area contributed by atoms with Gasteiger partial charge in [-0.25, -0.2) is 4.98 Å². The van der Waals surface area contributed by atoms with Gasteiger partial charge in [0.05, 0.1) is 5.52 Å². The third kappa shape index (κ3) is 2.97. The Morgan fingerprint density at radius 1 is 1.16 bits per heavy atom. The summed E-state index contributed by atoms with van der Waals surface area (Å²) in [5.41, 5.74) is 3.39. The van der Waals surface area contributed by atoms with Crippen molar-refractivity contribution in [3.8, 4) is 0 Å². The molecule has 0 radical (unpaired) electrons. The van der Waals surface area contributed by atoms with Crippen LogP contribution in [0.5, 0.6) is 0 Å². The average Bonchev–Trinajstić information content (AvgIpc) is 2.92. The van der Waals surface area contributed by atoms with Gasteiger partial charge in [-0.2, -0.15) is 0 Å². The van der Waals surface area contributed by atoms with Crippen molar-refractivity contribution in [2.45, 2.75) is 20.0 Å². The van der Waals surface area contributed by atoms with Gasteiger partial charge in [-0.3, -0.25) is 4.98 Å². The molecule has 0 saturated heterocycles. The first-order valence-corrected chi connectivity index (χ1v) is 7.14. The fraction of sp³-hybridized carbons (Fsp3) is 0.200. The topological polar surface area (TPSA) is 37.8 Å². The molecule has 2 heterocycles. The van der Waals surface area contributed by atoms with E-state index < -0.39 is 0 Å². The van der Waals surface area contributed by atoms with Gasteiger partial charge in [-0.1, -0.05) is 12.1 Å². The van der Waals surface area contributed by atoms with Crippen molar-refractivity contribution in [1.82, 2.24) is 15.3 Å². The lowest BCUT2D eigenvalue weighted by atomic mass is 10.1. The lowest BCUT2D eigenvalue weighted by Crippen LogP contribution is -2.12. The molecule has 0 unspecified atom stereocenters. The van der Waals surface area contributed by atoms with E-state index in [-0.39, 0.29) is 0 Å². The van der Waals surface area contributed by atoms with Crippen LogP contribution in [0.1, 0.15) is 16.3 Å². The number of nitrogens with zero attached hydrogens (tertiary/aromatic N) is 2. The van der Waals surface area contributed by atoms with Gasteiger partial charge in [0.25, 0.3) is 0 Å². The standard InChI is InChI=1S/C15H15N3S/c1-11-2-4-13-8-12(3-5-14(13)18-11)9-16-10-15-17-6-7-19-15/h2-8,16H,9-10H2,1H3. The van der Waals surface area contributed by atoms with Gasteiger partial charge in [0.15, 0.2) is 0 Å². The lowest BCUT2D eigenvalue weighted by molar-refractivity contribution is 0.690. The molecule has 3 nitrogen and oxygen atoms in total. The van der Waals surface area contributed by atoms with Gasteiger partial charge in [-0.05, 0) is 30.7 Å². The molecule has 0 spiro atoms. The van der Waals surface area contributed by atoms with E-state index in [1.54, 1.807) is 11.3 Å². The summed E-state index contributed by atoms with van der Waals surface area (Å²) in [5, 5.41) is 7.73. The molecule has 0 atom stereocenters. The maximum Gasteiger partial charge on any atom is 0.106 e. The number of nitrogens with one attached hydrogen (secondary N) is 1. The van der Waals surface area contributed by atoms with Crippen LogP contribution in [0.3, 0.4) is 0 Å². The Labute approximate surface area is 116 Å². The molecule has 0 amide bonds. The first-order chi connectivity index (χ1) is 9.31. The molecule has 1 aromatic carbocycles. The molecule has 4 heteroatoms. The number of hydrogen-bond acceptors (Lipinski definition) is 4. The molecule has 0 saturated carbocycles. The van der Waals surface area contributed by atoms with E-state index >= 15 is 0 Å². The number of rotatable bonds is 4. The minimum absolute atomic E-state index is 0.821. The van der Waals surface area contributed by atoms with Crippen LogP contribution in [-0.4, -0.2) is 9.97 Å². The van der Waals surface area contributed by atoms with Crippen LogP contribution in [0.15, 0.2) is 41.9 Å². The van der Waals surface area contributed by atoms with Gasteiger partial charge in [0, 0.05) is 35.7 Å². The Morgan fingerprint density at radius 2 is 2.11 bits per heavy atom. The zero-order valence-electron chi connectivity index (χ0n) is 10.8. The highest BCUT2D eigenvalue weighted by atomic mass is 32.1. The Balaban J connectivity index is 1.69. The van der Waals surface area contributed by atoms with Crippen LogP contribution in [-0.2, 0) is 13.1 Å². The molecule has 0 aliphatic heterocycles. The fourth-order valence-electron chi connectivity index (χ4n) is 2.04. The maximum absolute atomic E-state index is 4.51. The van der Waals surface area contributed by atoms with E-state index in [0.717, 1.165) is 29.3 Å². The molecular weight excluding hydrogens is 254 g/mol. The summed E-state index contributed by atoms with van der Waals surface area (Å²) < 4.78 is 0. The van der Waals surface area contributed by atoms with Gasteiger partial charge in [-0.15, -0.1) is 11.3 Å². The Bertz CT molecular complexity index is 677.